The first-order chi connectivity index (χ1) is 10.0. The van der Waals surface area contributed by atoms with Gasteiger partial charge in [-0.2, -0.15) is 0 Å². The molecule has 0 amide bonds. The third-order valence-corrected chi connectivity index (χ3v) is 5.01. The van der Waals surface area contributed by atoms with Crippen LogP contribution in [0, 0.1) is 11.7 Å². The smallest absolute Gasteiger partial charge is 0.243 e. The zero-order chi connectivity index (χ0) is 15.3. The molecule has 118 valence electrons. The van der Waals surface area contributed by atoms with Gasteiger partial charge in [0.25, 0.3) is 0 Å². The Kier molecular flexibility index (Phi) is 5.69. The minimum absolute atomic E-state index is 0.247. The summed E-state index contributed by atoms with van der Waals surface area (Å²) in [5, 5.41) is 2.91. The van der Waals surface area contributed by atoms with Crippen LogP contribution in [0.4, 0.5) is 4.39 Å². The van der Waals surface area contributed by atoms with Crippen molar-refractivity contribution in [2.45, 2.75) is 24.3 Å². The van der Waals surface area contributed by atoms with E-state index in [0.717, 1.165) is 18.4 Å². The summed E-state index contributed by atoms with van der Waals surface area (Å²) in [6.45, 7) is 2.11. The van der Waals surface area contributed by atoms with Gasteiger partial charge in [0.1, 0.15) is 10.7 Å². The van der Waals surface area contributed by atoms with Crippen LogP contribution in [-0.4, -0.2) is 35.2 Å². The third-order valence-electron chi connectivity index (χ3n) is 3.57. The Balaban J connectivity index is 2.08. The van der Waals surface area contributed by atoms with Gasteiger partial charge in [-0.05, 0) is 43.5 Å². The van der Waals surface area contributed by atoms with Crippen LogP contribution in [-0.2, 0) is 21.3 Å². The van der Waals surface area contributed by atoms with Crippen LogP contribution >= 0.6 is 0 Å². The average Bonchev–Trinajstić information content (AvgIpc) is 2.48. The molecule has 5 nitrogen and oxygen atoms in total. The highest BCUT2D eigenvalue weighted by Crippen LogP contribution is 2.18. The Bertz CT molecular complexity index is 572. The van der Waals surface area contributed by atoms with Crippen LogP contribution in [0.15, 0.2) is 23.1 Å². The van der Waals surface area contributed by atoms with Gasteiger partial charge < -0.3 is 10.1 Å². The molecular formula is C14H21FN2O3S. The first-order valence-electron chi connectivity index (χ1n) is 7.03. The molecular weight excluding hydrogens is 295 g/mol. The summed E-state index contributed by atoms with van der Waals surface area (Å²) in [7, 11) is -2.07. The zero-order valence-corrected chi connectivity index (χ0v) is 12.9. The standard InChI is InChI=1S/C14H21FN2O3S/c1-16-9-12-2-3-13(15)14(8-12)21(18,19)17-10-11-4-6-20-7-5-11/h2-3,8,11,16-17H,4-7,9-10H2,1H3. The lowest BCUT2D eigenvalue weighted by Crippen LogP contribution is -2.32. The fourth-order valence-electron chi connectivity index (χ4n) is 2.32. The van der Waals surface area contributed by atoms with Crippen molar-refractivity contribution in [2.24, 2.45) is 5.92 Å². The van der Waals surface area contributed by atoms with Crippen molar-refractivity contribution in [3.63, 3.8) is 0 Å². The van der Waals surface area contributed by atoms with Crippen LogP contribution in [0.3, 0.4) is 0 Å². The normalized spacial score (nSPS) is 17.0. The van der Waals surface area contributed by atoms with Gasteiger partial charge in [0.2, 0.25) is 10.0 Å². The summed E-state index contributed by atoms with van der Waals surface area (Å²) in [6, 6.07) is 4.14. The van der Waals surface area contributed by atoms with E-state index in [1.54, 1.807) is 13.1 Å². The molecule has 1 saturated heterocycles. The Labute approximate surface area is 124 Å². The van der Waals surface area contributed by atoms with E-state index in [1.165, 1.54) is 12.1 Å². The molecule has 1 aliphatic rings. The van der Waals surface area contributed by atoms with Gasteiger partial charge in [-0.3, -0.25) is 0 Å². The molecule has 0 unspecified atom stereocenters. The van der Waals surface area contributed by atoms with Crippen LogP contribution < -0.4 is 10.0 Å². The molecule has 21 heavy (non-hydrogen) atoms. The SMILES string of the molecule is CNCc1ccc(F)c(S(=O)(=O)NCC2CCOCC2)c1. The van der Waals surface area contributed by atoms with Crippen molar-refractivity contribution < 1.29 is 17.5 Å². The topological polar surface area (TPSA) is 67.4 Å². The Morgan fingerprint density at radius 2 is 2.05 bits per heavy atom. The largest absolute Gasteiger partial charge is 0.381 e. The third kappa shape index (κ3) is 4.47. The molecule has 0 aliphatic carbocycles. The minimum atomic E-state index is -3.82. The predicted octanol–water partition coefficient (Wildman–Crippen LogP) is 1.25. The maximum atomic E-state index is 13.8. The second-order valence-corrected chi connectivity index (χ2v) is 6.94. The molecule has 0 spiro atoms. The summed E-state index contributed by atoms with van der Waals surface area (Å²) < 4.78 is 46.1. The van der Waals surface area contributed by atoms with Crippen molar-refractivity contribution in [1.29, 1.82) is 0 Å². The van der Waals surface area contributed by atoms with Gasteiger partial charge in [-0.25, -0.2) is 17.5 Å². The second-order valence-electron chi connectivity index (χ2n) is 5.20. The van der Waals surface area contributed by atoms with Gasteiger partial charge in [-0.15, -0.1) is 0 Å². The lowest BCUT2D eigenvalue weighted by Gasteiger charge is -2.22. The number of halogens is 1. The fraction of sp³-hybridized carbons (Fsp3) is 0.571. The molecule has 0 saturated carbocycles. The molecule has 2 N–H and O–H groups in total. The van der Waals surface area contributed by atoms with Crippen molar-refractivity contribution >= 4 is 10.0 Å². The second kappa shape index (κ2) is 7.31. The number of benzene rings is 1. The lowest BCUT2D eigenvalue weighted by molar-refractivity contribution is 0.0678. The number of rotatable bonds is 6. The van der Waals surface area contributed by atoms with Crippen LogP contribution in [0.2, 0.25) is 0 Å². The first kappa shape index (κ1) is 16.4. The van der Waals surface area contributed by atoms with E-state index in [4.69, 9.17) is 4.74 Å². The lowest BCUT2D eigenvalue weighted by atomic mass is 10.0. The highest BCUT2D eigenvalue weighted by atomic mass is 32.2. The van der Waals surface area contributed by atoms with E-state index >= 15 is 0 Å². The van der Waals surface area contributed by atoms with E-state index in [2.05, 4.69) is 10.0 Å². The highest BCUT2D eigenvalue weighted by Gasteiger charge is 2.22. The van der Waals surface area contributed by atoms with Crippen molar-refractivity contribution in [2.75, 3.05) is 26.8 Å². The molecule has 1 heterocycles. The van der Waals surface area contributed by atoms with Crippen molar-refractivity contribution in [3.8, 4) is 0 Å². The molecule has 0 bridgehead atoms. The highest BCUT2D eigenvalue weighted by molar-refractivity contribution is 7.89. The molecule has 0 atom stereocenters. The molecule has 1 aliphatic heterocycles. The monoisotopic (exact) mass is 316 g/mol. The molecule has 1 fully saturated rings. The van der Waals surface area contributed by atoms with Crippen LogP contribution in [0.1, 0.15) is 18.4 Å². The van der Waals surface area contributed by atoms with Gasteiger partial charge in [0, 0.05) is 26.3 Å². The summed E-state index contributed by atoms with van der Waals surface area (Å²) >= 11 is 0. The van der Waals surface area contributed by atoms with Crippen LogP contribution in [0.5, 0.6) is 0 Å². The molecule has 7 heteroatoms. The fourth-order valence-corrected chi connectivity index (χ4v) is 3.57. The van der Waals surface area contributed by atoms with E-state index in [9.17, 15) is 12.8 Å². The number of ether oxygens (including phenoxy) is 1. The first-order valence-corrected chi connectivity index (χ1v) is 8.51. The average molecular weight is 316 g/mol. The van der Waals surface area contributed by atoms with E-state index in [-0.39, 0.29) is 10.8 Å². The molecule has 2 rings (SSSR count). The van der Waals surface area contributed by atoms with E-state index < -0.39 is 15.8 Å². The molecule has 0 radical (unpaired) electrons. The van der Waals surface area contributed by atoms with E-state index in [1.807, 2.05) is 0 Å². The summed E-state index contributed by atoms with van der Waals surface area (Å²) in [6.07, 6.45) is 1.65. The molecule has 0 aromatic heterocycles. The van der Waals surface area contributed by atoms with E-state index in [0.29, 0.717) is 26.3 Å². The summed E-state index contributed by atoms with van der Waals surface area (Å²) in [5.74, 6) is -0.480. The van der Waals surface area contributed by atoms with Crippen molar-refractivity contribution in [1.82, 2.24) is 10.0 Å². The van der Waals surface area contributed by atoms with Crippen LogP contribution in [0.25, 0.3) is 0 Å². The summed E-state index contributed by atoms with van der Waals surface area (Å²) in [4.78, 5) is -0.290. The Hall–Kier alpha value is -1.02. The summed E-state index contributed by atoms with van der Waals surface area (Å²) in [5.41, 5.74) is 0.727. The Morgan fingerprint density at radius 3 is 2.71 bits per heavy atom. The zero-order valence-electron chi connectivity index (χ0n) is 12.1. The number of sulfonamides is 1. The van der Waals surface area contributed by atoms with Gasteiger partial charge in [0.05, 0.1) is 0 Å². The number of hydrogen-bond acceptors (Lipinski definition) is 4. The van der Waals surface area contributed by atoms with Crippen molar-refractivity contribution in [3.05, 3.63) is 29.6 Å². The maximum Gasteiger partial charge on any atom is 0.243 e. The number of hydrogen-bond donors (Lipinski definition) is 2. The van der Waals surface area contributed by atoms with Gasteiger partial charge >= 0.3 is 0 Å². The molecule has 1 aromatic carbocycles. The van der Waals surface area contributed by atoms with Gasteiger partial charge in [-0.1, -0.05) is 6.07 Å². The predicted molar refractivity (Wildman–Crippen MR) is 77.9 cm³/mol. The number of nitrogens with one attached hydrogen (secondary N) is 2. The van der Waals surface area contributed by atoms with Gasteiger partial charge in [0.15, 0.2) is 0 Å². The quantitative estimate of drug-likeness (QED) is 0.829. The minimum Gasteiger partial charge on any atom is -0.381 e. The maximum absolute atomic E-state index is 13.8. The molecule has 1 aromatic rings. The Morgan fingerprint density at radius 1 is 1.33 bits per heavy atom.